The van der Waals surface area contributed by atoms with E-state index < -0.39 is 26.7 Å². The summed E-state index contributed by atoms with van der Waals surface area (Å²) in [5.41, 5.74) is 1.87. The molecule has 4 heterocycles. The molecular weight excluding hydrogens is 543 g/mol. The van der Waals surface area contributed by atoms with Crippen LogP contribution in [0.1, 0.15) is 17.3 Å². The highest BCUT2D eigenvalue weighted by molar-refractivity contribution is 7.89. The Hall–Kier alpha value is -3.72. The largest absolute Gasteiger partial charge is 0.462 e. The molecule has 2 fully saturated rings. The molecule has 0 unspecified atom stereocenters. The summed E-state index contributed by atoms with van der Waals surface area (Å²) < 4.78 is 57.9. The van der Waals surface area contributed by atoms with E-state index in [2.05, 4.69) is 15.3 Å². The number of anilines is 3. The first-order valence-electron chi connectivity index (χ1n) is 12.8. The Morgan fingerprint density at radius 3 is 2.50 bits per heavy atom. The van der Waals surface area contributed by atoms with E-state index in [-0.39, 0.29) is 38.9 Å². The molecule has 1 N–H and O–H groups in total. The van der Waals surface area contributed by atoms with Crippen LogP contribution in [0.5, 0.6) is 0 Å². The monoisotopic (exact) mass is 572 g/mol. The van der Waals surface area contributed by atoms with Gasteiger partial charge in [0, 0.05) is 61.6 Å². The minimum Gasteiger partial charge on any atom is -0.462 e. The van der Waals surface area contributed by atoms with E-state index in [0.717, 1.165) is 6.07 Å². The Balaban J connectivity index is 1.48. The number of aromatic nitrogens is 3. The summed E-state index contributed by atoms with van der Waals surface area (Å²) in [4.78, 5) is 27.2. The highest BCUT2D eigenvalue weighted by Gasteiger charge is 2.29. The van der Waals surface area contributed by atoms with Crippen molar-refractivity contribution >= 4 is 33.4 Å². The molecule has 0 saturated carbocycles. The van der Waals surface area contributed by atoms with E-state index in [1.807, 2.05) is 4.90 Å². The van der Waals surface area contributed by atoms with Gasteiger partial charge in [-0.05, 0) is 31.2 Å². The van der Waals surface area contributed by atoms with Gasteiger partial charge in [-0.2, -0.15) is 9.29 Å². The summed E-state index contributed by atoms with van der Waals surface area (Å²) in [5, 5.41) is 3.01. The van der Waals surface area contributed by atoms with Crippen molar-refractivity contribution in [1.29, 1.82) is 0 Å². The number of pyridine rings is 1. The Morgan fingerprint density at radius 1 is 1.05 bits per heavy atom. The number of nitrogens with zero attached hydrogens (tertiary/aromatic N) is 5. The molecule has 0 amide bonds. The standard InChI is InChI=1S/C26H29FN6O6S/c1-2-39-25(34)19-13-18(15-28-16-19)21-17-29-26(31-24(21)32-5-9-37-10-6-32)30-20-3-4-22(27)23(14-20)40(35,36)33-7-11-38-12-8-33/h3-4,13-17H,2,5-12H2,1H3,(H,29,30,31). The SMILES string of the molecule is CCOC(=O)c1cncc(-c2cnc(Nc3ccc(F)c(S(=O)(=O)N4CCOCC4)c3)nc2N2CCOCC2)c1. The van der Waals surface area contributed by atoms with Crippen molar-refractivity contribution in [1.82, 2.24) is 19.3 Å². The number of halogens is 1. The molecule has 2 aliphatic rings. The molecule has 2 aromatic heterocycles. The van der Waals surface area contributed by atoms with Crippen LogP contribution in [0.3, 0.4) is 0 Å². The van der Waals surface area contributed by atoms with Gasteiger partial charge in [-0.25, -0.2) is 22.6 Å². The van der Waals surface area contributed by atoms with E-state index in [9.17, 15) is 17.6 Å². The van der Waals surface area contributed by atoms with Crippen LogP contribution in [0.2, 0.25) is 0 Å². The van der Waals surface area contributed by atoms with E-state index in [1.165, 1.54) is 22.6 Å². The number of nitrogens with one attached hydrogen (secondary N) is 1. The summed E-state index contributed by atoms with van der Waals surface area (Å²) in [6, 6.07) is 5.42. The summed E-state index contributed by atoms with van der Waals surface area (Å²) in [6.45, 7) is 4.95. The fraction of sp³-hybridized carbons (Fsp3) is 0.385. The smallest absolute Gasteiger partial charge is 0.339 e. The quantitative estimate of drug-likeness (QED) is 0.399. The van der Waals surface area contributed by atoms with Crippen LogP contribution in [0.15, 0.2) is 47.8 Å². The predicted octanol–water partition coefficient (Wildman–Crippen LogP) is 2.46. The topological polar surface area (TPSA) is 136 Å². The average Bonchev–Trinajstić information content (AvgIpc) is 2.99. The number of hydrogen-bond acceptors (Lipinski definition) is 11. The van der Waals surface area contributed by atoms with Gasteiger partial charge in [0.05, 0.1) is 38.6 Å². The summed E-state index contributed by atoms with van der Waals surface area (Å²) in [7, 11) is -4.06. The molecule has 0 radical (unpaired) electrons. The van der Waals surface area contributed by atoms with Crippen LogP contribution in [0.4, 0.5) is 21.8 Å². The van der Waals surface area contributed by atoms with E-state index in [4.69, 9.17) is 19.2 Å². The van der Waals surface area contributed by atoms with Crippen molar-refractivity contribution < 1.29 is 31.8 Å². The van der Waals surface area contributed by atoms with Crippen LogP contribution < -0.4 is 10.2 Å². The van der Waals surface area contributed by atoms with Gasteiger partial charge >= 0.3 is 5.97 Å². The van der Waals surface area contributed by atoms with Gasteiger partial charge in [0.15, 0.2) is 0 Å². The molecule has 12 nitrogen and oxygen atoms in total. The number of carbonyl (C=O) groups is 1. The highest BCUT2D eigenvalue weighted by Crippen LogP contribution is 2.32. The van der Waals surface area contributed by atoms with Crippen LogP contribution in [0, 0.1) is 5.82 Å². The zero-order valence-corrected chi connectivity index (χ0v) is 22.7. The number of carbonyl (C=O) groups excluding carboxylic acids is 1. The number of sulfonamides is 1. The second-order valence-electron chi connectivity index (χ2n) is 9.00. The fourth-order valence-corrected chi connectivity index (χ4v) is 5.90. The first-order valence-corrected chi connectivity index (χ1v) is 14.3. The summed E-state index contributed by atoms with van der Waals surface area (Å²) >= 11 is 0. The minimum absolute atomic E-state index is 0.152. The van der Waals surface area contributed by atoms with Crippen molar-refractivity contribution in [2.24, 2.45) is 0 Å². The Labute approximate surface area is 231 Å². The normalized spacial score (nSPS) is 16.5. The molecule has 3 aromatic rings. The number of hydrogen-bond donors (Lipinski definition) is 1. The molecule has 40 heavy (non-hydrogen) atoms. The predicted molar refractivity (Wildman–Crippen MR) is 144 cm³/mol. The van der Waals surface area contributed by atoms with Crippen molar-refractivity contribution in [3.63, 3.8) is 0 Å². The zero-order chi connectivity index (χ0) is 28.1. The molecule has 0 spiro atoms. The summed E-state index contributed by atoms with van der Waals surface area (Å²) in [6.07, 6.45) is 4.64. The number of rotatable bonds is 8. The minimum atomic E-state index is -4.06. The lowest BCUT2D eigenvalue weighted by Crippen LogP contribution is -2.40. The van der Waals surface area contributed by atoms with Crippen molar-refractivity contribution in [3.05, 3.63) is 54.2 Å². The average molecular weight is 573 g/mol. The number of morpholine rings is 2. The summed E-state index contributed by atoms with van der Waals surface area (Å²) in [5.74, 6) is -0.577. The van der Waals surface area contributed by atoms with Crippen LogP contribution >= 0.6 is 0 Å². The lowest BCUT2D eigenvalue weighted by molar-refractivity contribution is 0.0526. The first-order chi connectivity index (χ1) is 19.4. The molecule has 1 aromatic carbocycles. The lowest BCUT2D eigenvalue weighted by atomic mass is 10.1. The maximum Gasteiger partial charge on any atom is 0.339 e. The molecule has 14 heteroatoms. The van der Waals surface area contributed by atoms with Gasteiger partial charge in [-0.3, -0.25) is 4.98 Å². The van der Waals surface area contributed by atoms with Gasteiger partial charge in [-0.15, -0.1) is 0 Å². The van der Waals surface area contributed by atoms with Crippen LogP contribution in [-0.2, 0) is 24.2 Å². The molecule has 0 bridgehead atoms. The molecule has 212 valence electrons. The van der Waals surface area contributed by atoms with E-state index in [0.29, 0.717) is 54.5 Å². The van der Waals surface area contributed by atoms with E-state index in [1.54, 1.807) is 25.4 Å². The Morgan fingerprint density at radius 2 is 1.77 bits per heavy atom. The van der Waals surface area contributed by atoms with Gasteiger partial charge < -0.3 is 24.4 Å². The van der Waals surface area contributed by atoms with Crippen molar-refractivity contribution in [2.45, 2.75) is 11.8 Å². The van der Waals surface area contributed by atoms with Gasteiger partial charge in [0.1, 0.15) is 16.5 Å². The van der Waals surface area contributed by atoms with Crippen LogP contribution in [-0.4, -0.2) is 92.9 Å². The number of esters is 1. The van der Waals surface area contributed by atoms with Crippen molar-refractivity contribution in [2.75, 3.05) is 69.4 Å². The second-order valence-corrected chi connectivity index (χ2v) is 10.9. The van der Waals surface area contributed by atoms with Gasteiger partial charge in [0.2, 0.25) is 16.0 Å². The molecule has 2 aliphatic heterocycles. The third-order valence-electron chi connectivity index (χ3n) is 6.41. The highest BCUT2D eigenvalue weighted by atomic mass is 32.2. The first kappa shape index (κ1) is 27.8. The maximum atomic E-state index is 14.7. The molecule has 2 saturated heterocycles. The third-order valence-corrected chi connectivity index (χ3v) is 8.33. The zero-order valence-electron chi connectivity index (χ0n) is 21.9. The third kappa shape index (κ3) is 6.04. The van der Waals surface area contributed by atoms with Crippen LogP contribution in [0.25, 0.3) is 11.1 Å². The van der Waals surface area contributed by atoms with Crippen molar-refractivity contribution in [3.8, 4) is 11.1 Å². The lowest BCUT2D eigenvalue weighted by Gasteiger charge is -2.29. The maximum absolute atomic E-state index is 14.7. The number of ether oxygens (including phenoxy) is 3. The molecule has 0 atom stereocenters. The van der Waals surface area contributed by atoms with Gasteiger partial charge in [-0.1, -0.05) is 0 Å². The second kappa shape index (κ2) is 12.2. The molecule has 5 rings (SSSR count). The van der Waals surface area contributed by atoms with E-state index >= 15 is 0 Å². The Bertz CT molecular complexity index is 1480. The number of benzene rings is 1. The molecular formula is C26H29FN6O6S. The Kier molecular flexibility index (Phi) is 8.49. The fourth-order valence-electron chi connectivity index (χ4n) is 4.40. The van der Waals surface area contributed by atoms with Gasteiger partial charge in [0.25, 0.3) is 0 Å². The molecule has 0 aliphatic carbocycles.